The van der Waals surface area contributed by atoms with Crippen LogP contribution in [0.15, 0.2) is 35.2 Å². The number of fused-ring (bicyclic) bond motifs is 2. The van der Waals surface area contributed by atoms with E-state index in [-0.39, 0.29) is 23.7 Å². The number of rotatable bonds is 4. The molecule has 1 N–H and O–H groups in total. The minimum atomic E-state index is -0.273. The van der Waals surface area contributed by atoms with Crippen LogP contribution >= 0.6 is 0 Å². The molecule has 30 heavy (non-hydrogen) atoms. The Bertz CT molecular complexity index is 1080. The third kappa shape index (κ3) is 3.32. The summed E-state index contributed by atoms with van der Waals surface area (Å²) in [5.41, 5.74) is 3.12. The molecule has 1 aromatic carbocycles. The van der Waals surface area contributed by atoms with Gasteiger partial charge in [-0.15, -0.1) is 0 Å². The summed E-state index contributed by atoms with van der Waals surface area (Å²) in [5, 5.41) is 7.83. The van der Waals surface area contributed by atoms with Crippen molar-refractivity contribution in [3.05, 3.63) is 47.7 Å². The lowest BCUT2D eigenvalue weighted by atomic mass is 9.93. The van der Waals surface area contributed by atoms with Crippen molar-refractivity contribution in [3.63, 3.8) is 0 Å². The zero-order chi connectivity index (χ0) is 20.7. The molecule has 0 radical (unpaired) electrons. The van der Waals surface area contributed by atoms with Gasteiger partial charge in [-0.05, 0) is 56.9 Å². The van der Waals surface area contributed by atoms with E-state index in [4.69, 9.17) is 19.0 Å². The third-order valence-electron chi connectivity index (χ3n) is 5.53. The number of nitrogens with one attached hydrogen (secondary N) is 1. The van der Waals surface area contributed by atoms with Crippen LogP contribution in [0.2, 0.25) is 0 Å². The van der Waals surface area contributed by atoms with Crippen LogP contribution in [-0.2, 0) is 6.42 Å². The van der Waals surface area contributed by atoms with E-state index in [1.165, 1.54) is 12.0 Å². The monoisotopic (exact) mass is 408 g/mol. The number of hydrogen-bond donors (Lipinski definition) is 1. The van der Waals surface area contributed by atoms with Gasteiger partial charge in [-0.1, -0.05) is 0 Å². The van der Waals surface area contributed by atoms with E-state index < -0.39 is 0 Å². The highest BCUT2D eigenvalue weighted by Gasteiger charge is 2.28. The smallest absolute Gasteiger partial charge is 0.274 e. The average Bonchev–Trinajstić information content (AvgIpc) is 3.41. The molecule has 1 aliphatic carbocycles. The number of benzene rings is 1. The first-order valence-corrected chi connectivity index (χ1v) is 10.3. The van der Waals surface area contributed by atoms with Gasteiger partial charge in [0.25, 0.3) is 5.91 Å². The SMILES string of the molecule is CC(C)n1cc2c(n1)C(NC(=O)c1ncoc1-c1ccc3c(c1)OCCO3)CCC2. The van der Waals surface area contributed by atoms with E-state index in [0.29, 0.717) is 30.5 Å². The van der Waals surface area contributed by atoms with Crippen LogP contribution < -0.4 is 14.8 Å². The topological polar surface area (TPSA) is 91.4 Å². The zero-order valence-corrected chi connectivity index (χ0v) is 17.1. The van der Waals surface area contributed by atoms with Gasteiger partial charge in [-0.25, -0.2) is 4.98 Å². The fourth-order valence-electron chi connectivity index (χ4n) is 3.99. The predicted octanol–water partition coefficient (Wildman–Crippen LogP) is 3.70. The Morgan fingerprint density at radius 1 is 1.23 bits per heavy atom. The van der Waals surface area contributed by atoms with E-state index in [9.17, 15) is 4.79 Å². The molecule has 0 spiro atoms. The molecule has 5 rings (SSSR count). The fraction of sp³-hybridized carbons (Fsp3) is 0.409. The van der Waals surface area contributed by atoms with Crippen molar-refractivity contribution in [2.75, 3.05) is 13.2 Å². The summed E-state index contributed by atoms with van der Waals surface area (Å²) in [6, 6.07) is 5.62. The molecule has 2 aromatic heterocycles. The van der Waals surface area contributed by atoms with Crippen molar-refractivity contribution in [2.45, 2.75) is 45.2 Å². The number of oxazole rings is 1. The van der Waals surface area contributed by atoms with Gasteiger partial charge in [0.2, 0.25) is 0 Å². The van der Waals surface area contributed by atoms with Crippen LogP contribution in [0.25, 0.3) is 11.3 Å². The lowest BCUT2D eigenvalue weighted by Gasteiger charge is -2.22. The summed E-state index contributed by atoms with van der Waals surface area (Å²) in [4.78, 5) is 17.3. The molecule has 0 saturated carbocycles. The highest BCUT2D eigenvalue weighted by Crippen LogP contribution is 2.36. The molecule has 8 nitrogen and oxygen atoms in total. The van der Waals surface area contributed by atoms with Gasteiger partial charge in [0.1, 0.15) is 13.2 Å². The number of aryl methyl sites for hydroxylation is 1. The van der Waals surface area contributed by atoms with Crippen molar-refractivity contribution < 1.29 is 18.7 Å². The lowest BCUT2D eigenvalue weighted by Crippen LogP contribution is -2.31. The summed E-state index contributed by atoms with van der Waals surface area (Å²) in [6.45, 7) is 5.22. The molecule has 156 valence electrons. The van der Waals surface area contributed by atoms with Crippen molar-refractivity contribution in [1.82, 2.24) is 20.1 Å². The Morgan fingerprint density at radius 2 is 2.07 bits per heavy atom. The number of hydrogen-bond acceptors (Lipinski definition) is 6. The van der Waals surface area contributed by atoms with Crippen LogP contribution in [0.1, 0.15) is 60.5 Å². The second-order valence-electron chi connectivity index (χ2n) is 7.92. The Hall–Kier alpha value is -3.29. The second-order valence-corrected chi connectivity index (χ2v) is 7.92. The Labute approximate surface area is 174 Å². The maximum atomic E-state index is 13.1. The molecule has 0 saturated heterocycles. The Balaban J connectivity index is 1.40. The standard InChI is InChI=1S/C22H24N4O4/c1-13(2)26-11-15-4-3-5-16(19(15)25-26)24-22(27)20-21(30-12-23-20)14-6-7-17-18(10-14)29-9-8-28-17/h6-7,10-13,16H,3-5,8-9H2,1-2H3,(H,24,27). The summed E-state index contributed by atoms with van der Waals surface area (Å²) in [5.74, 6) is 1.46. The highest BCUT2D eigenvalue weighted by atomic mass is 16.6. The summed E-state index contributed by atoms with van der Waals surface area (Å²) in [6.07, 6.45) is 6.23. The first-order chi connectivity index (χ1) is 14.6. The Morgan fingerprint density at radius 3 is 2.90 bits per heavy atom. The van der Waals surface area contributed by atoms with E-state index in [2.05, 4.69) is 30.3 Å². The molecule has 0 fully saturated rings. The van der Waals surface area contributed by atoms with Gasteiger partial charge in [0.05, 0.1) is 11.7 Å². The second kappa shape index (κ2) is 7.51. The zero-order valence-electron chi connectivity index (χ0n) is 17.1. The van der Waals surface area contributed by atoms with Crippen molar-refractivity contribution in [1.29, 1.82) is 0 Å². The first-order valence-electron chi connectivity index (χ1n) is 10.3. The summed E-state index contributed by atoms with van der Waals surface area (Å²) >= 11 is 0. The number of ether oxygens (including phenoxy) is 2. The van der Waals surface area contributed by atoms with Crippen molar-refractivity contribution in [3.8, 4) is 22.8 Å². The van der Waals surface area contributed by atoms with Gasteiger partial charge < -0.3 is 19.2 Å². The van der Waals surface area contributed by atoms with Crippen LogP contribution in [0.5, 0.6) is 11.5 Å². The first kappa shape index (κ1) is 18.7. The van der Waals surface area contributed by atoms with Gasteiger partial charge in [0.15, 0.2) is 29.3 Å². The maximum Gasteiger partial charge on any atom is 0.274 e. The average molecular weight is 408 g/mol. The molecule has 3 heterocycles. The van der Waals surface area contributed by atoms with Crippen LogP contribution in [-0.4, -0.2) is 33.9 Å². The van der Waals surface area contributed by atoms with Gasteiger partial charge in [-0.3, -0.25) is 9.48 Å². The minimum absolute atomic E-state index is 0.133. The van der Waals surface area contributed by atoms with E-state index in [1.807, 2.05) is 22.9 Å². The van der Waals surface area contributed by atoms with Gasteiger partial charge >= 0.3 is 0 Å². The lowest BCUT2D eigenvalue weighted by molar-refractivity contribution is 0.0927. The predicted molar refractivity (Wildman–Crippen MR) is 109 cm³/mol. The molecule has 0 bridgehead atoms. The van der Waals surface area contributed by atoms with E-state index >= 15 is 0 Å². The number of aromatic nitrogens is 3. The Kier molecular flexibility index (Phi) is 4.69. The van der Waals surface area contributed by atoms with Gasteiger partial charge in [0, 0.05) is 17.8 Å². The molecule has 8 heteroatoms. The van der Waals surface area contributed by atoms with Crippen molar-refractivity contribution in [2.24, 2.45) is 0 Å². The van der Waals surface area contributed by atoms with E-state index in [0.717, 1.165) is 30.5 Å². The maximum absolute atomic E-state index is 13.1. The van der Waals surface area contributed by atoms with Crippen molar-refractivity contribution >= 4 is 5.91 Å². The number of amides is 1. The molecule has 1 amide bonds. The number of carbonyl (C=O) groups excluding carboxylic acids is 1. The highest BCUT2D eigenvalue weighted by molar-refractivity contribution is 5.98. The molecular weight excluding hydrogens is 384 g/mol. The number of nitrogens with zero attached hydrogens (tertiary/aromatic N) is 3. The normalized spacial score (nSPS) is 17.6. The van der Waals surface area contributed by atoms with Gasteiger partial charge in [-0.2, -0.15) is 5.10 Å². The van der Waals surface area contributed by atoms with Crippen LogP contribution in [0, 0.1) is 0 Å². The van der Waals surface area contributed by atoms with Crippen LogP contribution in [0.3, 0.4) is 0 Å². The quantitative estimate of drug-likeness (QED) is 0.708. The molecule has 1 aliphatic heterocycles. The van der Waals surface area contributed by atoms with Crippen LogP contribution in [0.4, 0.5) is 0 Å². The summed E-state index contributed by atoms with van der Waals surface area (Å²) in [7, 11) is 0. The fourth-order valence-corrected chi connectivity index (χ4v) is 3.99. The molecular formula is C22H24N4O4. The summed E-state index contributed by atoms with van der Waals surface area (Å²) < 4.78 is 18.7. The third-order valence-corrected chi connectivity index (χ3v) is 5.53. The minimum Gasteiger partial charge on any atom is -0.486 e. The number of carbonyl (C=O) groups is 1. The largest absolute Gasteiger partial charge is 0.486 e. The molecule has 3 aromatic rings. The van der Waals surface area contributed by atoms with E-state index in [1.54, 1.807) is 0 Å². The molecule has 1 atom stereocenters. The molecule has 1 unspecified atom stereocenters. The molecule has 2 aliphatic rings.